The molecule has 136 valence electrons. The van der Waals surface area contributed by atoms with E-state index in [9.17, 15) is 9.59 Å². The smallest absolute Gasteiger partial charge is 0.274 e. The lowest BCUT2D eigenvalue weighted by molar-refractivity contribution is -0.123. The third-order valence-electron chi connectivity index (χ3n) is 5.74. The minimum absolute atomic E-state index is 0.00720. The number of fused-ring (bicyclic) bond motifs is 1. The van der Waals surface area contributed by atoms with E-state index in [0.29, 0.717) is 31.6 Å². The topological polar surface area (TPSA) is 69.3 Å². The number of hydrogen-bond donors (Lipinski definition) is 1. The SMILES string of the molecule is Cc1[nH]nc(C(=O)N2CCC(C(=O)N3CCc4ccccc43)CC2)c1C. The number of nitrogens with zero attached hydrogens (tertiary/aromatic N) is 3. The molecule has 2 aliphatic rings. The highest BCUT2D eigenvalue weighted by atomic mass is 16.2. The van der Waals surface area contributed by atoms with Gasteiger partial charge in [0.1, 0.15) is 0 Å². The van der Waals surface area contributed by atoms with Gasteiger partial charge in [0.15, 0.2) is 5.69 Å². The monoisotopic (exact) mass is 352 g/mol. The number of hydrogen-bond acceptors (Lipinski definition) is 3. The van der Waals surface area contributed by atoms with Gasteiger partial charge in [0.2, 0.25) is 5.91 Å². The van der Waals surface area contributed by atoms with Crippen LogP contribution in [0.25, 0.3) is 0 Å². The van der Waals surface area contributed by atoms with Crippen molar-refractivity contribution in [2.24, 2.45) is 5.92 Å². The van der Waals surface area contributed by atoms with E-state index in [0.717, 1.165) is 29.9 Å². The average Bonchev–Trinajstić information content (AvgIpc) is 3.25. The van der Waals surface area contributed by atoms with Gasteiger partial charge in [-0.25, -0.2) is 0 Å². The number of carbonyl (C=O) groups is 2. The molecule has 6 heteroatoms. The van der Waals surface area contributed by atoms with Crippen LogP contribution in [0.2, 0.25) is 0 Å². The van der Waals surface area contributed by atoms with Gasteiger partial charge in [-0.2, -0.15) is 5.10 Å². The Hall–Kier alpha value is -2.63. The second-order valence-corrected chi connectivity index (χ2v) is 7.26. The number of piperidine rings is 1. The molecule has 2 amide bonds. The number of nitrogens with one attached hydrogen (secondary N) is 1. The van der Waals surface area contributed by atoms with Crippen molar-refractivity contribution < 1.29 is 9.59 Å². The zero-order valence-corrected chi connectivity index (χ0v) is 15.3. The minimum Gasteiger partial charge on any atom is -0.337 e. The number of aryl methyl sites for hydroxylation is 1. The van der Waals surface area contributed by atoms with Gasteiger partial charge in [-0.1, -0.05) is 18.2 Å². The molecule has 2 aromatic rings. The van der Waals surface area contributed by atoms with E-state index in [1.165, 1.54) is 5.56 Å². The average molecular weight is 352 g/mol. The summed E-state index contributed by atoms with van der Waals surface area (Å²) < 4.78 is 0. The second kappa shape index (κ2) is 6.59. The Kier molecular flexibility index (Phi) is 4.26. The predicted molar refractivity (Wildman–Crippen MR) is 99.2 cm³/mol. The molecule has 1 aromatic heterocycles. The van der Waals surface area contributed by atoms with Gasteiger partial charge < -0.3 is 9.80 Å². The van der Waals surface area contributed by atoms with Crippen LogP contribution >= 0.6 is 0 Å². The highest BCUT2D eigenvalue weighted by Gasteiger charge is 2.34. The number of carbonyl (C=O) groups excluding carboxylic acids is 2. The first-order valence-electron chi connectivity index (χ1n) is 9.26. The Morgan fingerprint density at radius 2 is 1.85 bits per heavy atom. The molecule has 0 atom stereocenters. The van der Waals surface area contributed by atoms with Crippen LogP contribution < -0.4 is 4.90 Å². The van der Waals surface area contributed by atoms with E-state index in [1.54, 1.807) is 0 Å². The van der Waals surface area contributed by atoms with Crippen molar-refractivity contribution in [2.45, 2.75) is 33.1 Å². The van der Waals surface area contributed by atoms with Crippen LogP contribution in [0.4, 0.5) is 5.69 Å². The number of para-hydroxylation sites is 1. The molecule has 0 radical (unpaired) electrons. The summed E-state index contributed by atoms with van der Waals surface area (Å²) in [5, 5.41) is 7.01. The van der Waals surface area contributed by atoms with Crippen molar-refractivity contribution >= 4 is 17.5 Å². The summed E-state index contributed by atoms with van der Waals surface area (Å²) in [6.07, 6.45) is 2.36. The summed E-state index contributed by atoms with van der Waals surface area (Å²) in [6, 6.07) is 8.13. The van der Waals surface area contributed by atoms with Crippen molar-refractivity contribution in [3.05, 3.63) is 46.8 Å². The molecule has 1 fully saturated rings. The summed E-state index contributed by atoms with van der Waals surface area (Å²) in [5.41, 5.74) is 4.63. The van der Waals surface area contributed by atoms with Crippen LogP contribution in [-0.2, 0) is 11.2 Å². The van der Waals surface area contributed by atoms with Crippen LogP contribution in [0.3, 0.4) is 0 Å². The van der Waals surface area contributed by atoms with Gasteiger partial charge in [-0.05, 0) is 44.7 Å². The summed E-state index contributed by atoms with van der Waals surface area (Å²) in [4.78, 5) is 29.4. The van der Waals surface area contributed by atoms with Gasteiger partial charge in [0.25, 0.3) is 5.91 Å². The van der Waals surface area contributed by atoms with Gasteiger partial charge in [0, 0.05) is 42.5 Å². The third-order valence-corrected chi connectivity index (χ3v) is 5.74. The zero-order valence-electron chi connectivity index (χ0n) is 15.3. The number of H-pyrrole nitrogens is 1. The quantitative estimate of drug-likeness (QED) is 0.903. The molecular formula is C20H24N4O2. The lowest BCUT2D eigenvalue weighted by Crippen LogP contribution is -2.44. The molecule has 0 spiro atoms. The van der Waals surface area contributed by atoms with Gasteiger partial charge in [0.05, 0.1) is 0 Å². The van der Waals surface area contributed by atoms with E-state index in [2.05, 4.69) is 16.3 Å². The normalized spacial score (nSPS) is 17.5. The van der Waals surface area contributed by atoms with Crippen LogP contribution in [0.5, 0.6) is 0 Å². The molecule has 0 bridgehead atoms. The van der Waals surface area contributed by atoms with E-state index in [-0.39, 0.29) is 17.7 Å². The van der Waals surface area contributed by atoms with Gasteiger partial charge >= 0.3 is 0 Å². The van der Waals surface area contributed by atoms with Crippen molar-refractivity contribution in [3.63, 3.8) is 0 Å². The highest BCUT2D eigenvalue weighted by Crippen LogP contribution is 2.31. The van der Waals surface area contributed by atoms with E-state index >= 15 is 0 Å². The maximum atomic E-state index is 13.0. The van der Waals surface area contributed by atoms with E-state index in [1.807, 2.05) is 41.8 Å². The Balaban J connectivity index is 1.40. The predicted octanol–water partition coefficient (Wildman–Crippen LogP) is 2.47. The summed E-state index contributed by atoms with van der Waals surface area (Å²) in [7, 11) is 0. The molecule has 2 aliphatic heterocycles. The Morgan fingerprint density at radius 1 is 1.12 bits per heavy atom. The fraction of sp³-hybridized carbons (Fsp3) is 0.450. The van der Waals surface area contributed by atoms with Crippen molar-refractivity contribution in [3.8, 4) is 0 Å². The number of aromatic amines is 1. The van der Waals surface area contributed by atoms with Crippen LogP contribution in [0.1, 0.15) is 40.2 Å². The molecule has 0 aliphatic carbocycles. The van der Waals surface area contributed by atoms with Crippen molar-refractivity contribution in [2.75, 3.05) is 24.5 Å². The van der Waals surface area contributed by atoms with Crippen LogP contribution in [0.15, 0.2) is 24.3 Å². The summed E-state index contributed by atoms with van der Waals surface area (Å²) in [5.74, 6) is 0.158. The third kappa shape index (κ3) is 2.79. The van der Waals surface area contributed by atoms with E-state index < -0.39 is 0 Å². The number of likely N-dealkylation sites (tertiary alicyclic amines) is 1. The fourth-order valence-electron chi connectivity index (χ4n) is 3.96. The molecule has 4 rings (SSSR count). The molecule has 3 heterocycles. The van der Waals surface area contributed by atoms with Crippen LogP contribution in [-0.4, -0.2) is 46.5 Å². The summed E-state index contributed by atoms with van der Waals surface area (Å²) >= 11 is 0. The molecule has 1 saturated heterocycles. The lowest BCUT2D eigenvalue weighted by Gasteiger charge is -2.33. The van der Waals surface area contributed by atoms with E-state index in [4.69, 9.17) is 0 Å². The second-order valence-electron chi connectivity index (χ2n) is 7.26. The summed E-state index contributed by atoms with van der Waals surface area (Å²) in [6.45, 7) is 5.81. The maximum Gasteiger partial charge on any atom is 0.274 e. The number of amides is 2. The standard InChI is InChI=1S/C20H24N4O2/c1-13-14(2)21-22-18(13)20(26)23-10-7-16(8-11-23)19(25)24-12-9-15-5-3-4-6-17(15)24/h3-6,16H,7-12H2,1-2H3,(H,21,22). The first kappa shape index (κ1) is 16.8. The van der Waals surface area contributed by atoms with Gasteiger partial charge in [-0.3, -0.25) is 14.7 Å². The maximum absolute atomic E-state index is 13.0. The first-order valence-corrected chi connectivity index (χ1v) is 9.26. The number of benzene rings is 1. The van der Waals surface area contributed by atoms with Crippen molar-refractivity contribution in [1.29, 1.82) is 0 Å². The lowest BCUT2D eigenvalue weighted by atomic mass is 9.94. The number of aromatic nitrogens is 2. The Morgan fingerprint density at radius 3 is 2.54 bits per heavy atom. The highest BCUT2D eigenvalue weighted by molar-refractivity contribution is 5.97. The molecule has 0 unspecified atom stereocenters. The fourth-order valence-corrected chi connectivity index (χ4v) is 3.96. The largest absolute Gasteiger partial charge is 0.337 e. The molecular weight excluding hydrogens is 328 g/mol. The zero-order chi connectivity index (χ0) is 18.3. The first-order chi connectivity index (χ1) is 12.6. The Labute approximate surface area is 153 Å². The molecule has 6 nitrogen and oxygen atoms in total. The minimum atomic E-state index is -0.0377. The molecule has 1 aromatic carbocycles. The molecule has 0 saturated carbocycles. The number of anilines is 1. The molecule has 1 N–H and O–H groups in total. The Bertz CT molecular complexity index is 849. The number of rotatable bonds is 2. The van der Waals surface area contributed by atoms with Crippen molar-refractivity contribution in [1.82, 2.24) is 15.1 Å². The van der Waals surface area contributed by atoms with Crippen LogP contribution in [0, 0.1) is 19.8 Å². The van der Waals surface area contributed by atoms with Gasteiger partial charge in [-0.15, -0.1) is 0 Å². The molecule has 26 heavy (non-hydrogen) atoms.